The van der Waals surface area contributed by atoms with Crippen LogP contribution in [0.3, 0.4) is 0 Å². The van der Waals surface area contributed by atoms with Gasteiger partial charge in [-0.25, -0.2) is 14.2 Å². The lowest BCUT2D eigenvalue weighted by atomic mass is 10.3. The smallest absolute Gasteiger partial charge is 0.272 e. The summed E-state index contributed by atoms with van der Waals surface area (Å²) in [7, 11) is -0.635. The molecular weight excluding hydrogens is 332 g/mol. The van der Waals surface area contributed by atoms with Crippen LogP contribution in [0.25, 0.3) is 11.4 Å². The van der Waals surface area contributed by atoms with Gasteiger partial charge in [-0.1, -0.05) is 0 Å². The summed E-state index contributed by atoms with van der Waals surface area (Å²) in [6.07, 6.45) is 5.23. The van der Waals surface area contributed by atoms with Crippen LogP contribution in [0.1, 0.15) is 18.9 Å². The minimum absolute atomic E-state index is 0.0918. The largest absolute Gasteiger partial charge is 0.346 e. The van der Waals surface area contributed by atoms with Crippen LogP contribution < -0.4 is 10.4 Å². The molecule has 10 heteroatoms. The van der Waals surface area contributed by atoms with Gasteiger partial charge in [-0.05, 0) is 25.0 Å². The SMILES string of the molecule is CN(C)S(=O)(=O)NCCn1nc(-c2cccnc2)n(C2CC2)c1=O. The van der Waals surface area contributed by atoms with Gasteiger partial charge in [0.2, 0.25) is 0 Å². The molecule has 24 heavy (non-hydrogen) atoms. The van der Waals surface area contributed by atoms with E-state index in [-0.39, 0.29) is 24.8 Å². The third-order valence-corrected chi connectivity index (χ3v) is 5.32. The van der Waals surface area contributed by atoms with Crippen molar-refractivity contribution in [3.63, 3.8) is 0 Å². The number of nitrogens with one attached hydrogen (secondary N) is 1. The molecule has 1 N–H and O–H groups in total. The predicted molar refractivity (Wildman–Crippen MR) is 88.6 cm³/mol. The van der Waals surface area contributed by atoms with Crippen molar-refractivity contribution in [2.45, 2.75) is 25.4 Å². The Morgan fingerprint density at radius 1 is 1.38 bits per heavy atom. The lowest BCUT2D eigenvalue weighted by Gasteiger charge is -2.11. The topological polar surface area (TPSA) is 102 Å². The maximum Gasteiger partial charge on any atom is 0.346 e. The van der Waals surface area contributed by atoms with Crippen LogP contribution in [-0.4, -0.2) is 52.7 Å². The Labute approximate surface area is 140 Å². The van der Waals surface area contributed by atoms with E-state index in [1.165, 1.54) is 18.8 Å². The van der Waals surface area contributed by atoms with Gasteiger partial charge in [0.1, 0.15) is 0 Å². The molecule has 2 aromatic rings. The second-order valence-electron chi connectivity index (χ2n) is 5.85. The van der Waals surface area contributed by atoms with Crippen LogP contribution in [0.2, 0.25) is 0 Å². The van der Waals surface area contributed by atoms with E-state index in [4.69, 9.17) is 0 Å². The van der Waals surface area contributed by atoms with Crippen molar-refractivity contribution in [1.29, 1.82) is 0 Å². The molecule has 0 spiro atoms. The molecule has 3 rings (SSSR count). The van der Waals surface area contributed by atoms with Crippen molar-refractivity contribution in [3.8, 4) is 11.4 Å². The number of hydrogen-bond acceptors (Lipinski definition) is 5. The first-order valence-electron chi connectivity index (χ1n) is 7.67. The van der Waals surface area contributed by atoms with Gasteiger partial charge in [0.25, 0.3) is 10.2 Å². The van der Waals surface area contributed by atoms with E-state index in [1.807, 2.05) is 6.07 Å². The molecular formula is C14H20N6O3S. The summed E-state index contributed by atoms with van der Waals surface area (Å²) < 4.78 is 29.9. The zero-order valence-electron chi connectivity index (χ0n) is 13.6. The predicted octanol–water partition coefficient (Wildman–Crippen LogP) is -0.162. The van der Waals surface area contributed by atoms with E-state index >= 15 is 0 Å². The second-order valence-corrected chi connectivity index (χ2v) is 7.82. The average molecular weight is 352 g/mol. The molecule has 9 nitrogen and oxygen atoms in total. The zero-order chi connectivity index (χ0) is 17.3. The number of pyridine rings is 1. The molecule has 1 saturated carbocycles. The minimum Gasteiger partial charge on any atom is -0.272 e. The summed E-state index contributed by atoms with van der Waals surface area (Å²) in [4.78, 5) is 16.7. The van der Waals surface area contributed by atoms with E-state index < -0.39 is 10.2 Å². The van der Waals surface area contributed by atoms with E-state index in [1.54, 1.807) is 23.0 Å². The maximum atomic E-state index is 12.6. The molecule has 130 valence electrons. The van der Waals surface area contributed by atoms with Crippen molar-refractivity contribution in [3.05, 3.63) is 35.0 Å². The molecule has 0 unspecified atom stereocenters. The summed E-state index contributed by atoms with van der Waals surface area (Å²) in [5, 5.41) is 4.38. The van der Waals surface area contributed by atoms with Gasteiger partial charge in [-0.15, -0.1) is 5.10 Å². The van der Waals surface area contributed by atoms with Crippen LogP contribution in [0.4, 0.5) is 0 Å². The monoisotopic (exact) mass is 352 g/mol. The van der Waals surface area contributed by atoms with E-state index in [9.17, 15) is 13.2 Å². The van der Waals surface area contributed by atoms with Crippen molar-refractivity contribution >= 4 is 10.2 Å². The molecule has 2 heterocycles. The molecule has 1 fully saturated rings. The molecule has 0 radical (unpaired) electrons. The highest BCUT2D eigenvalue weighted by atomic mass is 32.2. The summed E-state index contributed by atoms with van der Waals surface area (Å²) in [5.74, 6) is 0.575. The Morgan fingerprint density at radius 3 is 2.71 bits per heavy atom. The normalized spacial score (nSPS) is 15.1. The van der Waals surface area contributed by atoms with Crippen molar-refractivity contribution in [2.24, 2.45) is 0 Å². The third-order valence-electron chi connectivity index (χ3n) is 3.79. The van der Waals surface area contributed by atoms with Crippen molar-refractivity contribution in [1.82, 2.24) is 28.4 Å². The fraction of sp³-hybridized carbons (Fsp3) is 0.500. The molecule has 0 aliphatic heterocycles. The van der Waals surface area contributed by atoms with Gasteiger partial charge >= 0.3 is 5.69 Å². The summed E-state index contributed by atoms with van der Waals surface area (Å²) in [5.41, 5.74) is 0.550. The Bertz CT molecular complexity index is 868. The second kappa shape index (κ2) is 6.46. The van der Waals surface area contributed by atoms with Gasteiger partial charge in [-0.3, -0.25) is 9.55 Å². The van der Waals surface area contributed by atoms with Gasteiger partial charge in [0, 0.05) is 44.6 Å². The fourth-order valence-corrected chi connectivity index (χ4v) is 2.94. The number of hydrogen-bond donors (Lipinski definition) is 1. The molecule has 1 aliphatic rings. The molecule has 0 aromatic carbocycles. The molecule has 0 amide bonds. The molecule has 0 saturated heterocycles. The first-order valence-corrected chi connectivity index (χ1v) is 9.11. The van der Waals surface area contributed by atoms with E-state index in [2.05, 4.69) is 14.8 Å². The highest BCUT2D eigenvalue weighted by Crippen LogP contribution is 2.36. The standard InChI is InChI=1S/C14H20N6O3S/c1-18(2)24(22,23)16-8-9-19-14(21)20(12-5-6-12)13(17-19)11-4-3-7-15-10-11/h3-4,7,10,12,16H,5-6,8-9H2,1-2H3. The van der Waals surface area contributed by atoms with Gasteiger partial charge in [0.05, 0.1) is 6.54 Å². The van der Waals surface area contributed by atoms with Crippen molar-refractivity contribution < 1.29 is 8.42 Å². The first kappa shape index (κ1) is 16.8. The Balaban J connectivity index is 1.84. The van der Waals surface area contributed by atoms with Gasteiger partial charge in [-0.2, -0.15) is 12.7 Å². The molecule has 0 atom stereocenters. The number of aromatic nitrogens is 4. The van der Waals surface area contributed by atoms with Crippen molar-refractivity contribution in [2.75, 3.05) is 20.6 Å². The Morgan fingerprint density at radius 2 is 2.12 bits per heavy atom. The Kier molecular flexibility index (Phi) is 4.52. The number of nitrogens with zero attached hydrogens (tertiary/aromatic N) is 5. The van der Waals surface area contributed by atoms with E-state index in [0.717, 1.165) is 22.7 Å². The van der Waals surface area contributed by atoms with Crippen LogP contribution >= 0.6 is 0 Å². The highest BCUT2D eigenvalue weighted by molar-refractivity contribution is 7.87. The van der Waals surface area contributed by atoms with Crippen LogP contribution in [-0.2, 0) is 16.8 Å². The zero-order valence-corrected chi connectivity index (χ0v) is 14.4. The lowest BCUT2D eigenvalue weighted by Crippen LogP contribution is -2.38. The summed E-state index contributed by atoms with van der Waals surface area (Å²) in [6, 6.07) is 3.81. The fourth-order valence-electron chi connectivity index (χ4n) is 2.33. The van der Waals surface area contributed by atoms with Crippen LogP contribution in [0.15, 0.2) is 29.3 Å². The lowest BCUT2D eigenvalue weighted by molar-refractivity contribution is 0.494. The minimum atomic E-state index is -3.52. The quantitative estimate of drug-likeness (QED) is 0.746. The summed E-state index contributed by atoms with van der Waals surface area (Å²) in [6.45, 7) is 0.257. The van der Waals surface area contributed by atoms with Gasteiger partial charge < -0.3 is 0 Å². The highest BCUT2D eigenvalue weighted by Gasteiger charge is 2.30. The molecule has 0 bridgehead atoms. The van der Waals surface area contributed by atoms with Crippen LogP contribution in [0.5, 0.6) is 0 Å². The molecule has 1 aliphatic carbocycles. The average Bonchev–Trinajstić information content (AvgIpc) is 3.33. The first-order chi connectivity index (χ1) is 11.4. The third kappa shape index (κ3) is 3.40. The van der Waals surface area contributed by atoms with Crippen LogP contribution in [0, 0.1) is 0 Å². The Hall–Kier alpha value is -2.04. The molecule has 2 aromatic heterocycles. The summed E-state index contributed by atoms with van der Waals surface area (Å²) >= 11 is 0. The number of rotatable bonds is 7. The van der Waals surface area contributed by atoms with E-state index in [0.29, 0.717) is 5.82 Å². The van der Waals surface area contributed by atoms with Gasteiger partial charge in [0.15, 0.2) is 5.82 Å². The maximum absolute atomic E-state index is 12.6.